The van der Waals surface area contributed by atoms with Gasteiger partial charge >= 0.3 is 11.9 Å². The molecule has 0 atom stereocenters. The van der Waals surface area contributed by atoms with E-state index in [1.165, 1.54) is 4.31 Å². The number of esters is 2. The predicted octanol–water partition coefficient (Wildman–Crippen LogP) is 2.70. The number of thiophene rings is 1. The monoisotopic (exact) mass is 482 g/mol. The number of piperidine rings is 1. The van der Waals surface area contributed by atoms with E-state index >= 15 is 0 Å². The Balaban J connectivity index is 1.58. The summed E-state index contributed by atoms with van der Waals surface area (Å²) in [6, 6.07) is 3.24. The topological polar surface area (TPSA) is 123 Å². The highest BCUT2D eigenvalue weighted by molar-refractivity contribution is 7.91. The summed E-state index contributed by atoms with van der Waals surface area (Å²) in [6.45, 7) is 5.08. The molecule has 3 heterocycles. The van der Waals surface area contributed by atoms with Crippen LogP contribution in [0.25, 0.3) is 0 Å². The maximum absolute atomic E-state index is 12.7. The van der Waals surface area contributed by atoms with E-state index in [1.54, 1.807) is 38.3 Å². The molecule has 0 unspecified atom stereocenters. The lowest BCUT2D eigenvalue weighted by molar-refractivity contribution is -0.148. The molecule has 0 aliphatic carbocycles. The molecule has 3 rings (SSSR count). The van der Waals surface area contributed by atoms with Gasteiger partial charge in [0.2, 0.25) is 5.78 Å². The number of sulfonamides is 1. The number of nitrogens with one attached hydrogen (secondary N) is 1. The standard InChI is InChI=1S/C21H26N2O7S2/c1-4-29-21(26)19-14(3)22-13(2)18(19)16(24)12-30-20(25)15-7-9-23(10-8-15)32(27,28)17-6-5-11-31-17/h5-6,11,15,22H,4,7-10,12H2,1-3H3. The van der Waals surface area contributed by atoms with E-state index in [2.05, 4.69) is 4.98 Å². The van der Waals surface area contributed by atoms with Crippen molar-refractivity contribution >= 4 is 39.1 Å². The quantitative estimate of drug-likeness (QED) is 0.453. The molecule has 1 saturated heterocycles. The highest BCUT2D eigenvalue weighted by Crippen LogP contribution is 2.27. The fraction of sp³-hybridized carbons (Fsp3) is 0.476. The van der Waals surface area contributed by atoms with E-state index < -0.39 is 40.3 Å². The van der Waals surface area contributed by atoms with Gasteiger partial charge in [-0.2, -0.15) is 4.31 Å². The SMILES string of the molecule is CCOC(=O)c1c(C)[nH]c(C)c1C(=O)COC(=O)C1CCN(S(=O)(=O)c2cccs2)CC1. The molecule has 0 bridgehead atoms. The van der Waals surface area contributed by atoms with Gasteiger partial charge in [0, 0.05) is 24.5 Å². The number of aromatic amines is 1. The number of nitrogens with zero attached hydrogens (tertiary/aromatic N) is 1. The zero-order valence-corrected chi connectivity index (χ0v) is 19.8. The van der Waals surface area contributed by atoms with Crippen molar-refractivity contribution in [3.05, 3.63) is 40.0 Å². The van der Waals surface area contributed by atoms with Crippen LogP contribution in [0, 0.1) is 19.8 Å². The second-order valence-corrected chi connectivity index (χ2v) is 10.6. The van der Waals surface area contributed by atoms with Crippen molar-refractivity contribution < 1.29 is 32.3 Å². The summed E-state index contributed by atoms with van der Waals surface area (Å²) in [5.41, 5.74) is 1.32. The largest absolute Gasteiger partial charge is 0.462 e. The van der Waals surface area contributed by atoms with Crippen LogP contribution in [-0.2, 0) is 24.3 Å². The molecule has 1 aliphatic heterocycles. The molecular weight excluding hydrogens is 456 g/mol. The molecule has 1 aliphatic rings. The Morgan fingerprint density at radius 2 is 1.78 bits per heavy atom. The smallest absolute Gasteiger partial charge is 0.340 e. The third kappa shape index (κ3) is 4.94. The van der Waals surface area contributed by atoms with Gasteiger partial charge in [0.25, 0.3) is 10.0 Å². The molecule has 0 saturated carbocycles. The average Bonchev–Trinajstić information content (AvgIpc) is 3.40. The number of H-pyrrole nitrogens is 1. The van der Waals surface area contributed by atoms with Gasteiger partial charge in [-0.05, 0) is 45.1 Å². The van der Waals surface area contributed by atoms with Gasteiger partial charge in [0.15, 0.2) is 6.61 Å². The molecule has 32 heavy (non-hydrogen) atoms. The third-order valence-corrected chi connectivity index (χ3v) is 8.63. The molecule has 0 radical (unpaired) electrons. The van der Waals surface area contributed by atoms with Gasteiger partial charge in [-0.25, -0.2) is 13.2 Å². The number of hydrogen-bond acceptors (Lipinski definition) is 8. The first-order chi connectivity index (χ1) is 15.2. The van der Waals surface area contributed by atoms with Gasteiger partial charge in [0.1, 0.15) is 4.21 Å². The molecular formula is C21H26N2O7S2. The van der Waals surface area contributed by atoms with E-state index in [4.69, 9.17) is 9.47 Å². The maximum atomic E-state index is 12.7. The molecule has 9 nitrogen and oxygen atoms in total. The number of carbonyl (C=O) groups is 3. The van der Waals surface area contributed by atoms with Crippen molar-refractivity contribution in [2.45, 2.75) is 37.8 Å². The fourth-order valence-corrected chi connectivity index (χ4v) is 6.40. The summed E-state index contributed by atoms with van der Waals surface area (Å²) < 4.78 is 37.1. The Bertz CT molecular complexity index is 1100. The molecule has 174 valence electrons. The first-order valence-corrected chi connectivity index (χ1v) is 12.6. The van der Waals surface area contributed by atoms with Crippen LogP contribution in [0.3, 0.4) is 0 Å². The van der Waals surface area contributed by atoms with Crippen molar-refractivity contribution in [3.8, 4) is 0 Å². The summed E-state index contributed by atoms with van der Waals surface area (Å²) in [7, 11) is -3.55. The summed E-state index contributed by atoms with van der Waals surface area (Å²) in [4.78, 5) is 40.4. The van der Waals surface area contributed by atoms with E-state index in [-0.39, 0.29) is 35.0 Å². The molecule has 2 aromatic heterocycles. The van der Waals surface area contributed by atoms with E-state index in [9.17, 15) is 22.8 Å². The summed E-state index contributed by atoms with van der Waals surface area (Å²) >= 11 is 1.15. The van der Waals surface area contributed by atoms with Crippen LogP contribution in [0.5, 0.6) is 0 Å². The Kier molecular flexibility index (Phi) is 7.52. The molecule has 1 N–H and O–H groups in total. The van der Waals surface area contributed by atoms with Crippen LogP contribution in [0.15, 0.2) is 21.7 Å². The van der Waals surface area contributed by atoms with Crippen molar-refractivity contribution in [1.29, 1.82) is 0 Å². The molecule has 11 heteroatoms. The summed E-state index contributed by atoms with van der Waals surface area (Å²) in [5, 5.41) is 1.70. The first-order valence-electron chi connectivity index (χ1n) is 10.3. The maximum Gasteiger partial charge on any atom is 0.340 e. The number of ketones is 1. The van der Waals surface area contributed by atoms with Gasteiger partial charge in [-0.3, -0.25) is 9.59 Å². The zero-order valence-electron chi connectivity index (χ0n) is 18.2. The fourth-order valence-electron chi connectivity index (χ4n) is 3.78. The number of rotatable bonds is 8. The number of hydrogen-bond donors (Lipinski definition) is 1. The van der Waals surface area contributed by atoms with Crippen LogP contribution in [0.4, 0.5) is 0 Å². The van der Waals surface area contributed by atoms with Crippen molar-refractivity contribution in [3.63, 3.8) is 0 Å². The Morgan fingerprint density at radius 3 is 2.38 bits per heavy atom. The molecule has 0 aromatic carbocycles. The summed E-state index contributed by atoms with van der Waals surface area (Å²) in [5.74, 6) is -2.14. The van der Waals surface area contributed by atoms with Gasteiger partial charge in [-0.15, -0.1) is 11.3 Å². The average molecular weight is 483 g/mol. The second kappa shape index (κ2) is 9.97. The minimum atomic E-state index is -3.55. The van der Waals surface area contributed by atoms with E-state index in [0.717, 1.165) is 11.3 Å². The normalized spacial score (nSPS) is 15.5. The van der Waals surface area contributed by atoms with Crippen LogP contribution in [0.2, 0.25) is 0 Å². The zero-order chi connectivity index (χ0) is 23.5. The Labute approximate surface area is 190 Å². The molecule has 1 fully saturated rings. The van der Waals surface area contributed by atoms with Gasteiger partial charge in [-0.1, -0.05) is 6.07 Å². The molecule has 0 spiro atoms. The molecule has 0 amide bonds. The summed E-state index contributed by atoms with van der Waals surface area (Å²) in [6.07, 6.45) is 0.627. The number of Topliss-reactive ketones (excluding diaryl/α,β-unsaturated/α-hetero) is 1. The van der Waals surface area contributed by atoms with Crippen molar-refractivity contribution in [1.82, 2.24) is 9.29 Å². The number of ether oxygens (including phenoxy) is 2. The first kappa shape index (κ1) is 24.1. The Hall–Kier alpha value is -2.50. The minimum Gasteiger partial charge on any atom is -0.462 e. The third-order valence-electron chi connectivity index (χ3n) is 5.36. The highest BCUT2D eigenvalue weighted by atomic mass is 32.2. The van der Waals surface area contributed by atoms with Crippen LogP contribution in [-0.4, -0.2) is 61.7 Å². The predicted molar refractivity (Wildman–Crippen MR) is 117 cm³/mol. The number of aryl methyl sites for hydroxylation is 2. The Morgan fingerprint density at radius 1 is 1.12 bits per heavy atom. The van der Waals surface area contributed by atoms with Crippen molar-refractivity contribution in [2.75, 3.05) is 26.3 Å². The number of carbonyl (C=O) groups excluding carboxylic acids is 3. The van der Waals surface area contributed by atoms with Crippen LogP contribution < -0.4 is 0 Å². The minimum absolute atomic E-state index is 0.150. The highest BCUT2D eigenvalue weighted by Gasteiger charge is 2.34. The van der Waals surface area contributed by atoms with E-state index in [0.29, 0.717) is 24.2 Å². The molecule has 2 aromatic rings. The lowest BCUT2D eigenvalue weighted by atomic mass is 9.98. The van der Waals surface area contributed by atoms with Gasteiger partial charge in [0.05, 0.1) is 23.7 Å². The second-order valence-electron chi connectivity index (χ2n) is 7.49. The van der Waals surface area contributed by atoms with Crippen LogP contribution >= 0.6 is 11.3 Å². The lowest BCUT2D eigenvalue weighted by Gasteiger charge is -2.29. The number of aromatic nitrogens is 1. The van der Waals surface area contributed by atoms with Gasteiger partial charge < -0.3 is 14.5 Å². The lowest BCUT2D eigenvalue weighted by Crippen LogP contribution is -2.40. The van der Waals surface area contributed by atoms with Crippen molar-refractivity contribution in [2.24, 2.45) is 5.92 Å². The van der Waals surface area contributed by atoms with Crippen LogP contribution in [0.1, 0.15) is 51.9 Å². The van der Waals surface area contributed by atoms with E-state index in [1.807, 2.05) is 0 Å².